The molecule has 92 valence electrons. The molecule has 4 heteroatoms. The van der Waals surface area contributed by atoms with E-state index < -0.39 is 8.07 Å². The van der Waals surface area contributed by atoms with E-state index in [4.69, 9.17) is 10.5 Å². The summed E-state index contributed by atoms with van der Waals surface area (Å²) in [6, 6.07) is -0.388. The average Bonchev–Trinajstić information content (AvgIpc) is 2.14. The van der Waals surface area contributed by atoms with Crippen molar-refractivity contribution in [2.45, 2.75) is 51.9 Å². The Balaban J connectivity index is 3.90. The minimum absolute atomic E-state index is 0.196. The lowest BCUT2D eigenvalue weighted by Crippen LogP contribution is -2.25. The Hall–Kier alpha value is -0.793. The lowest BCUT2D eigenvalue weighted by Gasteiger charge is -2.07. The Morgan fingerprint density at radius 2 is 2.06 bits per heavy atom. The molecule has 0 bridgehead atoms. The summed E-state index contributed by atoms with van der Waals surface area (Å²) < 4.78 is 5.01. The molecule has 0 amide bonds. The third kappa shape index (κ3) is 9.75. The Morgan fingerprint density at radius 3 is 2.56 bits per heavy atom. The van der Waals surface area contributed by atoms with Crippen molar-refractivity contribution in [1.29, 1.82) is 0 Å². The largest absolute Gasteiger partial charge is 0.466 e. The highest BCUT2D eigenvalue weighted by Crippen LogP contribution is 1.98. The molecule has 0 aromatic heterocycles. The van der Waals surface area contributed by atoms with Gasteiger partial charge in [-0.1, -0.05) is 38.9 Å². The van der Waals surface area contributed by atoms with Gasteiger partial charge in [-0.3, -0.25) is 4.79 Å². The van der Waals surface area contributed by atoms with Crippen LogP contribution in [0.15, 0.2) is 0 Å². The first-order chi connectivity index (χ1) is 7.35. The average molecular weight is 241 g/mol. The van der Waals surface area contributed by atoms with Gasteiger partial charge in [-0.05, 0) is 6.42 Å². The van der Waals surface area contributed by atoms with Crippen LogP contribution >= 0.6 is 0 Å². The van der Waals surface area contributed by atoms with Crippen LogP contribution in [0.3, 0.4) is 0 Å². The first-order valence-corrected chi connectivity index (χ1v) is 9.29. The zero-order chi connectivity index (χ0) is 12.6. The Kier molecular flexibility index (Phi) is 7.10. The van der Waals surface area contributed by atoms with Gasteiger partial charge < -0.3 is 10.5 Å². The first kappa shape index (κ1) is 15.2. The molecule has 0 rings (SSSR count). The topological polar surface area (TPSA) is 52.3 Å². The van der Waals surface area contributed by atoms with Crippen LogP contribution in [0.2, 0.25) is 19.6 Å². The van der Waals surface area contributed by atoms with Crippen molar-refractivity contribution in [2.24, 2.45) is 5.73 Å². The third-order valence-electron chi connectivity index (χ3n) is 1.78. The molecule has 0 heterocycles. The SMILES string of the molecule is CCCCOC(=O)CC(N)C#C[Si](C)(C)C. The zero-order valence-corrected chi connectivity index (χ0v) is 11.8. The standard InChI is InChI=1S/C12H23NO2Si/c1-5-6-8-15-12(14)10-11(13)7-9-16(2,3)4/h11H,5-6,8,10,13H2,1-4H3. The highest BCUT2D eigenvalue weighted by molar-refractivity contribution is 6.83. The summed E-state index contributed by atoms with van der Waals surface area (Å²) in [4.78, 5) is 11.3. The first-order valence-electron chi connectivity index (χ1n) is 5.79. The van der Waals surface area contributed by atoms with Crippen LogP contribution in [0.25, 0.3) is 0 Å². The second-order valence-corrected chi connectivity index (χ2v) is 9.65. The van der Waals surface area contributed by atoms with Crippen LogP contribution in [-0.4, -0.2) is 26.7 Å². The summed E-state index contributed by atoms with van der Waals surface area (Å²) in [6.45, 7) is 8.98. The number of nitrogens with two attached hydrogens (primary N) is 1. The van der Waals surface area contributed by atoms with Gasteiger partial charge in [-0.2, -0.15) is 0 Å². The number of carbonyl (C=O) groups is 1. The number of hydrogen-bond acceptors (Lipinski definition) is 3. The molecule has 0 radical (unpaired) electrons. The predicted octanol–water partition coefficient (Wildman–Crippen LogP) is 1.93. The van der Waals surface area contributed by atoms with E-state index in [1.54, 1.807) is 0 Å². The number of rotatable bonds is 5. The number of esters is 1. The van der Waals surface area contributed by atoms with Crippen molar-refractivity contribution < 1.29 is 9.53 Å². The molecular formula is C12H23NO2Si. The summed E-state index contributed by atoms with van der Waals surface area (Å²) in [5.41, 5.74) is 8.88. The van der Waals surface area contributed by atoms with Gasteiger partial charge in [0.25, 0.3) is 0 Å². The van der Waals surface area contributed by atoms with Crippen molar-refractivity contribution in [3.8, 4) is 11.5 Å². The molecule has 0 aliphatic heterocycles. The maximum absolute atomic E-state index is 11.3. The zero-order valence-electron chi connectivity index (χ0n) is 10.8. The highest BCUT2D eigenvalue weighted by Gasteiger charge is 2.11. The number of ether oxygens (including phenoxy) is 1. The smallest absolute Gasteiger partial charge is 0.308 e. The van der Waals surface area contributed by atoms with Gasteiger partial charge in [0, 0.05) is 0 Å². The second-order valence-electron chi connectivity index (χ2n) is 4.90. The summed E-state index contributed by atoms with van der Waals surface area (Å²) in [5.74, 6) is 2.69. The Bertz CT molecular complexity index is 273. The Morgan fingerprint density at radius 1 is 1.44 bits per heavy atom. The van der Waals surface area contributed by atoms with E-state index >= 15 is 0 Å². The summed E-state index contributed by atoms with van der Waals surface area (Å²) in [6.07, 6.45) is 2.12. The highest BCUT2D eigenvalue weighted by atomic mass is 28.3. The van der Waals surface area contributed by atoms with E-state index in [9.17, 15) is 4.79 Å². The Labute approximate surface area is 99.7 Å². The molecule has 3 nitrogen and oxygen atoms in total. The van der Waals surface area contributed by atoms with E-state index in [1.807, 2.05) is 0 Å². The molecule has 0 aromatic carbocycles. The quantitative estimate of drug-likeness (QED) is 0.346. The fraction of sp³-hybridized carbons (Fsp3) is 0.750. The molecule has 1 atom stereocenters. The molecule has 0 spiro atoms. The lowest BCUT2D eigenvalue weighted by atomic mass is 10.2. The van der Waals surface area contributed by atoms with E-state index in [0.717, 1.165) is 12.8 Å². The molecule has 0 saturated carbocycles. The normalized spacial score (nSPS) is 12.6. The maximum atomic E-state index is 11.3. The van der Waals surface area contributed by atoms with Crippen LogP contribution < -0.4 is 5.73 Å². The summed E-state index contributed by atoms with van der Waals surface area (Å²) >= 11 is 0. The summed E-state index contributed by atoms with van der Waals surface area (Å²) in [7, 11) is -1.40. The number of unbranched alkanes of at least 4 members (excludes halogenated alkanes) is 1. The van der Waals surface area contributed by atoms with Crippen LogP contribution in [-0.2, 0) is 9.53 Å². The monoisotopic (exact) mass is 241 g/mol. The third-order valence-corrected chi connectivity index (χ3v) is 2.67. The molecule has 0 aromatic rings. The fourth-order valence-corrected chi connectivity index (χ4v) is 1.55. The molecule has 2 N–H and O–H groups in total. The van der Waals surface area contributed by atoms with Crippen molar-refractivity contribution in [3.05, 3.63) is 0 Å². The van der Waals surface area contributed by atoms with Crippen LogP contribution in [0, 0.1) is 11.5 Å². The van der Waals surface area contributed by atoms with Crippen LogP contribution in [0.4, 0.5) is 0 Å². The van der Waals surface area contributed by atoms with E-state index in [-0.39, 0.29) is 18.4 Å². The van der Waals surface area contributed by atoms with Gasteiger partial charge in [0.05, 0.1) is 19.1 Å². The van der Waals surface area contributed by atoms with Crippen molar-refractivity contribution in [1.82, 2.24) is 0 Å². The molecule has 0 aliphatic rings. The van der Waals surface area contributed by atoms with Gasteiger partial charge in [-0.25, -0.2) is 0 Å². The molecule has 0 saturated heterocycles. The number of carbonyl (C=O) groups excluding carboxylic acids is 1. The fourth-order valence-electron chi connectivity index (χ4n) is 0.929. The van der Waals surface area contributed by atoms with Gasteiger partial charge >= 0.3 is 5.97 Å². The van der Waals surface area contributed by atoms with Crippen molar-refractivity contribution in [2.75, 3.05) is 6.61 Å². The van der Waals surface area contributed by atoms with Gasteiger partial charge in [-0.15, -0.1) is 5.54 Å². The maximum Gasteiger partial charge on any atom is 0.308 e. The lowest BCUT2D eigenvalue weighted by molar-refractivity contribution is -0.143. The van der Waals surface area contributed by atoms with Crippen molar-refractivity contribution >= 4 is 14.0 Å². The van der Waals surface area contributed by atoms with E-state index in [1.165, 1.54) is 0 Å². The summed E-state index contributed by atoms with van der Waals surface area (Å²) in [5, 5.41) is 0. The van der Waals surface area contributed by atoms with Gasteiger partial charge in [0.2, 0.25) is 0 Å². The minimum Gasteiger partial charge on any atom is -0.466 e. The van der Waals surface area contributed by atoms with E-state index in [2.05, 4.69) is 38.0 Å². The molecule has 0 fully saturated rings. The molecular weight excluding hydrogens is 218 g/mol. The van der Waals surface area contributed by atoms with Crippen LogP contribution in [0.5, 0.6) is 0 Å². The van der Waals surface area contributed by atoms with Gasteiger partial charge in [0.15, 0.2) is 0 Å². The second kappa shape index (κ2) is 7.48. The number of hydrogen-bond donors (Lipinski definition) is 1. The van der Waals surface area contributed by atoms with Crippen LogP contribution in [0.1, 0.15) is 26.2 Å². The van der Waals surface area contributed by atoms with Gasteiger partial charge in [0.1, 0.15) is 8.07 Å². The van der Waals surface area contributed by atoms with Crippen molar-refractivity contribution in [3.63, 3.8) is 0 Å². The molecule has 0 aliphatic carbocycles. The predicted molar refractivity (Wildman–Crippen MR) is 69.6 cm³/mol. The van der Waals surface area contributed by atoms with E-state index in [0.29, 0.717) is 6.61 Å². The molecule has 16 heavy (non-hydrogen) atoms. The molecule has 1 unspecified atom stereocenters. The minimum atomic E-state index is -1.40.